The van der Waals surface area contributed by atoms with Gasteiger partial charge in [-0.2, -0.15) is 14.9 Å². The molecule has 1 fully saturated rings. The van der Waals surface area contributed by atoms with Crippen LogP contribution in [0.1, 0.15) is 46.1 Å². The number of benzene rings is 1. The number of hydrogen-bond donors (Lipinski definition) is 2. The van der Waals surface area contributed by atoms with E-state index in [4.69, 9.17) is 28.8 Å². The Hall–Kier alpha value is -2.56. The van der Waals surface area contributed by atoms with Crippen molar-refractivity contribution in [2.45, 2.75) is 59.0 Å². The molecule has 0 aliphatic carbocycles. The summed E-state index contributed by atoms with van der Waals surface area (Å²) in [6.45, 7) is 8.60. The molecule has 3 aromatic rings. The Balaban J connectivity index is 0.00000133. The molecule has 1 saturated heterocycles. The largest absolute Gasteiger partial charge is 0.619 e. The van der Waals surface area contributed by atoms with E-state index in [0.29, 0.717) is 42.2 Å². The molecule has 5 rings (SSSR count). The van der Waals surface area contributed by atoms with Crippen LogP contribution >= 0.6 is 8.17 Å². The molecular weight excluding hydrogens is 461 g/mol. The average Bonchev–Trinajstić information content (AvgIpc) is 3.44. The summed E-state index contributed by atoms with van der Waals surface area (Å²) in [6, 6.07) is 7.39. The monoisotopic (exact) mass is 492 g/mol. The second-order valence-corrected chi connectivity index (χ2v) is 9.43. The van der Waals surface area contributed by atoms with Crippen molar-refractivity contribution < 1.29 is 27.9 Å². The molecule has 3 N–H and O–H groups in total. The molecule has 0 spiro atoms. The molecule has 4 heterocycles. The molecule has 184 valence electrons. The topological polar surface area (TPSA) is 136 Å². The summed E-state index contributed by atoms with van der Waals surface area (Å²) in [5.41, 5.74) is 7.07. The molecule has 0 bridgehead atoms. The Morgan fingerprint density at radius 3 is 2.88 bits per heavy atom. The van der Waals surface area contributed by atoms with E-state index in [1.807, 2.05) is 50.5 Å². The summed E-state index contributed by atoms with van der Waals surface area (Å²) in [5, 5.41) is 0. The van der Waals surface area contributed by atoms with Crippen LogP contribution in [0.25, 0.3) is 11.2 Å². The van der Waals surface area contributed by atoms with Gasteiger partial charge in [0.25, 0.3) is 0 Å². The second-order valence-electron chi connectivity index (χ2n) is 7.80. The van der Waals surface area contributed by atoms with Crippen LogP contribution in [0, 0.1) is 0 Å². The minimum absolute atomic E-state index is 0.100. The number of nitrogens with two attached hydrogens (primary N) is 1. The molecular formula is C22H31N5O6P+. The molecule has 0 amide bonds. The SMILES string of the molecule is CC.CCOc1nc(N)nc2c1ncn2[C@@]1(C)CCC(CO[P+]2(O)OCc3ccccc3O2)O1. The van der Waals surface area contributed by atoms with Crippen molar-refractivity contribution >= 4 is 25.3 Å². The maximum Gasteiger partial charge on any atom is 0.619 e. The molecule has 0 saturated carbocycles. The third-order valence-corrected chi connectivity index (χ3v) is 6.87. The first-order chi connectivity index (χ1) is 16.4. The molecule has 0 radical (unpaired) electrons. The predicted molar refractivity (Wildman–Crippen MR) is 127 cm³/mol. The van der Waals surface area contributed by atoms with Gasteiger partial charge in [-0.1, -0.05) is 32.0 Å². The van der Waals surface area contributed by atoms with Gasteiger partial charge in [-0.25, -0.2) is 4.98 Å². The zero-order valence-corrected chi connectivity index (χ0v) is 20.7. The maximum absolute atomic E-state index is 10.7. The lowest BCUT2D eigenvalue weighted by Crippen LogP contribution is -2.31. The number of hydrogen-bond acceptors (Lipinski definition) is 10. The van der Waals surface area contributed by atoms with Crippen LogP contribution < -0.4 is 15.0 Å². The Kier molecular flexibility index (Phi) is 7.20. The van der Waals surface area contributed by atoms with Gasteiger partial charge >= 0.3 is 8.17 Å². The fraction of sp³-hybridized carbons (Fsp3) is 0.500. The Labute approximate surface area is 198 Å². The van der Waals surface area contributed by atoms with E-state index in [2.05, 4.69) is 15.0 Å². The summed E-state index contributed by atoms with van der Waals surface area (Å²) in [7, 11) is -3.46. The van der Waals surface area contributed by atoms with Crippen molar-refractivity contribution in [3.05, 3.63) is 36.2 Å². The van der Waals surface area contributed by atoms with Crippen molar-refractivity contribution in [2.75, 3.05) is 18.9 Å². The van der Waals surface area contributed by atoms with E-state index in [9.17, 15) is 4.89 Å². The van der Waals surface area contributed by atoms with Crippen LogP contribution in [-0.2, 0) is 26.1 Å². The Bertz CT molecular complexity index is 1150. The van der Waals surface area contributed by atoms with Crippen molar-refractivity contribution in [1.29, 1.82) is 0 Å². The number of ether oxygens (including phenoxy) is 2. The highest BCUT2D eigenvalue weighted by Gasteiger charge is 2.51. The number of nitrogens with zero attached hydrogens (tertiary/aromatic N) is 4. The van der Waals surface area contributed by atoms with Gasteiger partial charge < -0.3 is 15.2 Å². The van der Waals surface area contributed by atoms with E-state index in [0.717, 1.165) is 5.56 Å². The van der Waals surface area contributed by atoms with E-state index >= 15 is 0 Å². The smallest absolute Gasteiger partial charge is 0.476 e. The lowest BCUT2D eigenvalue weighted by molar-refractivity contribution is -0.0966. The van der Waals surface area contributed by atoms with Crippen molar-refractivity contribution in [3.63, 3.8) is 0 Å². The van der Waals surface area contributed by atoms with Gasteiger partial charge in [-0.15, -0.1) is 9.05 Å². The molecule has 12 heteroatoms. The molecule has 3 atom stereocenters. The van der Waals surface area contributed by atoms with Gasteiger partial charge in [0, 0.05) is 5.56 Å². The van der Waals surface area contributed by atoms with E-state index in [1.165, 1.54) is 0 Å². The highest BCUT2D eigenvalue weighted by molar-refractivity contribution is 7.55. The van der Waals surface area contributed by atoms with E-state index in [1.54, 1.807) is 12.4 Å². The van der Waals surface area contributed by atoms with Crippen molar-refractivity contribution in [3.8, 4) is 11.6 Å². The normalized spacial score (nSPS) is 25.9. The number of fused-ring (bicyclic) bond motifs is 2. The third kappa shape index (κ3) is 4.80. The number of para-hydroxylation sites is 1. The van der Waals surface area contributed by atoms with Crippen molar-refractivity contribution in [2.24, 2.45) is 0 Å². The van der Waals surface area contributed by atoms with Crippen LogP contribution in [0.5, 0.6) is 11.6 Å². The summed E-state index contributed by atoms with van der Waals surface area (Å²) in [4.78, 5) is 23.6. The third-order valence-electron chi connectivity index (χ3n) is 5.52. The standard InChI is InChI=1S/C20H25N5O6P.C2H6/c1-3-27-18-16-17(23-19(21)24-18)25(12-22-16)20(2)9-8-14(30-20)11-29-32(26)28-10-13-6-4-5-7-15(13)31-32;1-2/h4-7,12,14,26H,3,8-11H2,1-2H3,(H2,21,23,24);1-2H3/q+1;/t14?,20-,32?;/m1./s1. The van der Waals surface area contributed by atoms with Crippen LogP contribution in [-0.4, -0.2) is 43.7 Å². The molecule has 1 aromatic carbocycles. The average molecular weight is 492 g/mol. The predicted octanol–water partition coefficient (Wildman–Crippen LogP) is 3.98. The highest BCUT2D eigenvalue weighted by Crippen LogP contribution is 2.61. The van der Waals surface area contributed by atoms with Gasteiger partial charge in [-0.05, 0) is 32.8 Å². The number of rotatable bonds is 6. The van der Waals surface area contributed by atoms with Gasteiger partial charge in [-0.3, -0.25) is 9.09 Å². The fourth-order valence-electron chi connectivity index (χ4n) is 3.93. The van der Waals surface area contributed by atoms with Gasteiger partial charge in [0.2, 0.25) is 11.8 Å². The zero-order chi connectivity index (χ0) is 24.3. The van der Waals surface area contributed by atoms with Crippen molar-refractivity contribution in [1.82, 2.24) is 19.5 Å². The molecule has 34 heavy (non-hydrogen) atoms. The number of imidazole rings is 1. The fourth-order valence-corrected chi connectivity index (χ4v) is 5.19. The van der Waals surface area contributed by atoms with E-state index < -0.39 is 13.9 Å². The van der Waals surface area contributed by atoms with Crippen LogP contribution in [0.4, 0.5) is 5.95 Å². The van der Waals surface area contributed by atoms with Crippen LogP contribution in [0.3, 0.4) is 0 Å². The first-order valence-corrected chi connectivity index (χ1v) is 12.9. The molecule has 2 aliphatic heterocycles. The van der Waals surface area contributed by atoms with Crippen LogP contribution in [0.15, 0.2) is 30.6 Å². The minimum atomic E-state index is -3.46. The Morgan fingerprint density at radius 2 is 2.09 bits per heavy atom. The first-order valence-electron chi connectivity index (χ1n) is 11.4. The quantitative estimate of drug-likeness (QED) is 0.486. The molecule has 2 unspecified atom stereocenters. The highest BCUT2D eigenvalue weighted by atomic mass is 31.2. The second kappa shape index (κ2) is 9.97. The number of aromatic nitrogens is 4. The first kappa shape index (κ1) is 24.6. The van der Waals surface area contributed by atoms with E-state index in [-0.39, 0.29) is 25.3 Å². The van der Waals surface area contributed by atoms with Gasteiger partial charge in [0.1, 0.15) is 18.9 Å². The molecule has 2 aliphatic rings. The maximum atomic E-state index is 10.7. The number of nitrogen functional groups attached to an aromatic ring is 1. The van der Waals surface area contributed by atoms with Crippen LogP contribution in [0.2, 0.25) is 0 Å². The van der Waals surface area contributed by atoms with Gasteiger partial charge in [0.15, 0.2) is 16.9 Å². The number of anilines is 1. The summed E-state index contributed by atoms with van der Waals surface area (Å²) >= 11 is 0. The minimum Gasteiger partial charge on any atom is -0.476 e. The summed E-state index contributed by atoms with van der Waals surface area (Å²) in [6.07, 6.45) is 2.75. The molecule has 2 aromatic heterocycles. The summed E-state index contributed by atoms with van der Waals surface area (Å²) < 4.78 is 30.5. The summed E-state index contributed by atoms with van der Waals surface area (Å²) in [5.74, 6) is 1.01. The Morgan fingerprint density at radius 1 is 1.29 bits per heavy atom. The lowest BCUT2D eigenvalue weighted by atomic mass is 10.1. The van der Waals surface area contributed by atoms with Gasteiger partial charge in [0.05, 0.1) is 19.0 Å². The molecule has 11 nitrogen and oxygen atoms in total. The lowest BCUT2D eigenvalue weighted by Gasteiger charge is -2.27. The zero-order valence-electron chi connectivity index (χ0n) is 19.8.